The Balaban J connectivity index is 2.20. The minimum absolute atomic E-state index is 0.0225. The Morgan fingerprint density at radius 3 is 3.00 bits per heavy atom. The lowest BCUT2D eigenvalue weighted by Crippen LogP contribution is -2.37. The molecule has 0 bridgehead atoms. The number of carbonyl (C=O) groups excluding carboxylic acids is 2. The van der Waals surface area contributed by atoms with Gasteiger partial charge in [0.05, 0.1) is 5.69 Å². The standard InChI is InChI=1S/C12H11FINO4/c1-7(16)18-5-9-6-19-12(17)15(9)8-2-3-11(14)10(13)4-8/h2-4,9H,5-6H2,1H3. The molecular formula is C12H11FINO4. The van der Waals surface area contributed by atoms with Crippen LogP contribution in [0.25, 0.3) is 0 Å². The molecule has 0 aliphatic carbocycles. The number of carbonyl (C=O) groups is 2. The van der Waals surface area contributed by atoms with Crippen LogP contribution in [0.5, 0.6) is 0 Å². The zero-order valence-electron chi connectivity index (χ0n) is 10.1. The normalized spacial score (nSPS) is 18.4. The molecule has 1 aliphatic rings. The largest absolute Gasteiger partial charge is 0.464 e. The molecular weight excluding hydrogens is 368 g/mol. The number of ether oxygens (including phenoxy) is 2. The molecule has 0 spiro atoms. The van der Waals surface area contributed by atoms with Crippen LogP contribution in [0.2, 0.25) is 0 Å². The van der Waals surface area contributed by atoms with Crippen LogP contribution in [0.4, 0.5) is 14.9 Å². The molecule has 0 N–H and O–H groups in total. The Kier molecular flexibility index (Phi) is 4.23. The highest BCUT2D eigenvalue weighted by Gasteiger charge is 2.35. The molecule has 5 nitrogen and oxygen atoms in total. The number of hydrogen-bond donors (Lipinski definition) is 0. The highest BCUT2D eigenvalue weighted by Crippen LogP contribution is 2.26. The van der Waals surface area contributed by atoms with Gasteiger partial charge < -0.3 is 9.47 Å². The van der Waals surface area contributed by atoms with Crippen molar-refractivity contribution in [1.82, 2.24) is 0 Å². The first-order valence-electron chi connectivity index (χ1n) is 5.53. The Hall–Kier alpha value is -1.38. The van der Waals surface area contributed by atoms with Crippen LogP contribution < -0.4 is 4.90 Å². The summed E-state index contributed by atoms with van der Waals surface area (Å²) in [6.07, 6.45) is -0.572. The number of rotatable bonds is 3. The molecule has 7 heteroatoms. The predicted octanol–water partition coefficient (Wildman–Crippen LogP) is 2.32. The van der Waals surface area contributed by atoms with Crippen LogP contribution in [0, 0.1) is 9.39 Å². The van der Waals surface area contributed by atoms with Crippen LogP contribution in [0.3, 0.4) is 0 Å². The SMILES string of the molecule is CC(=O)OCC1COC(=O)N1c1ccc(I)c(F)c1. The molecule has 1 atom stereocenters. The second kappa shape index (κ2) is 5.72. The van der Waals surface area contributed by atoms with Crippen LogP contribution >= 0.6 is 22.6 Å². The Morgan fingerprint density at radius 1 is 1.63 bits per heavy atom. The maximum Gasteiger partial charge on any atom is 0.414 e. The van der Waals surface area contributed by atoms with Crippen molar-refractivity contribution in [3.05, 3.63) is 27.6 Å². The van der Waals surface area contributed by atoms with Gasteiger partial charge in [-0.25, -0.2) is 9.18 Å². The van der Waals surface area contributed by atoms with E-state index in [9.17, 15) is 14.0 Å². The lowest BCUT2D eigenvalue weighted by molar-refractivity contribution is -0.141. The molecule has 1 aromatic carbocycles. The summed E-state index contributed by atoms with van der Waals surface area (Å²) in [5, 5.41) is 0. The quantitative estimate of drug-likeness (QED) is 0.598. The molecule has 1 aromatic rings. The Bertz CT molecular complexity index is 522. The number of cyclic esters (lactones) is 1. The third-order valence-corrected chi connectivity index (χ3v) is 3.50. The maximum absolute atomic E-state index is 13.5. The van der Waals surface area contributed by atoms with E-state index in [-0.39, 0.29) is 13.2 Å². The second-order valence-electron chi connectivity index (χ2n) is 4.00. The first-order chi connectivity index (χ1) is 8.99. The Labute approximate surface area is 122 Å². The molecule has 1 saturated heterocycles. The van der Waals surface area contributed by atoms with E-state index in [0.29, 0.717) is 9.26 Å². The number of nitrogens with zero attached hydrogens (tertiary/aromatic N) is 1. The fraction of sp³-hybridized carbons (Fsp3) is 0.333. The summed E-state index contributed by atoms with van der Waals surface area (Å²) in [6, 6.07) is 4.02. The number of hydrogen-bond acceptors (Lipinski definition) is 4. The van der Waals surface area contributed by atoms with Gasteiger partial charge in [0.15, 0.2) is 0 Å². The summed E-state index contributed by atoms with van der Waals surface area (Å²) in [6.45, 7) is 1.42. The molecule has 1 fully saturated rings. The zero-order valence-corrected chi connectivity index (χ0v) is 12.2. The van der Waals surface area contributed by atoms with Gasteiger partial charge in [-0.3, -0.25) is 9.69 Å². The van der Waals surface area contributed by atoms with Gasteiger partial charge in [-0.05, 0) is 40.8 Å². The van der Waals surface area contributed by atoms with E-state index in [2.05, 4.69) is 0 Å². The van der Waals surface area contributed by atoms with Crippen molar-refractivity contribution in [3.8, 4) is 0 Å². The predicted molar refractivity (Wildman–Crippen MR) is 73.4 cm³/mol. The molecule has 1 amide bonds. The van der Waals surface area contributed by atoms with Gasteiger partial charge >= 0.3 is 12.1 Å². The second-order valence-corrected chi connectivity index (χ2v) is 5.16. The summed E-state index contributed by atoms with van der Waals surface area (Å²) < 4.78 is 23.8. The number of halogens is 2. The van der Waals surface area contributed by atoms with Crippen molar-refractivity contribution in [2.75, 3.05) is 18.1 Å². The molecule has 19 heavy (non-hydrogen) atoms. The van der Waals surface area contributed by atoms with E-state index >= 15 is 0 Å². The number of esters is 1. The first kappa shape index (κ1) is 14.0. The van der Waals surface area contributed by atoms with E-state index in [1.54, 1.807) is 12.1 Å². The summed E-state index contributed by atoms with van der Waals surface area (Å²) in [7, 11) is 0. The zero-order chi connectivity index (χ0) is 14.0. The van der Waals surface area contributed by atoms with E-state index in [0.717, 1.165) is 0 Å². The van der Waals surface area contributed by atoms with Gasteiger partial charge in [-0.15, -0.1) is 0 Å². The topological polar surface area (TPSA) is 55.8 Å². The molecule has 2 rings (SSSR count). The van der Waals surface area contributed by atoms with Crippen molar-refractivity contribution >= 4 is 40.3 Å². The highest BCUT2D eigenvalue weighted by molar-refractivity contribution is 14.1. The number of amides is 1. The molecule has 1 heterocycles. The fourth-order valence-corrected chi connectivity index (χ4v) is 2.08. The molecule has 0 aromatic heterocycles. The minimum atomic E-state index is -0.572. The van der Waals surface area contributed by atoms with Crippen molar-refractivity contribution in [1.29, 1.82) is 0 Å². The molecule has 1 unspecified atom stereocenters. The molecule has 1 aliphatic heterocycles. The van der Waals surface area contributed by atoms with Gasteiger partial charge in [0.1, 0.15) is 25.1 Å². The summed E-state index contributed by atoms with van der Waals surface area (Å²) in [5.74, 6) is -0.850. The molecule has 0 saturated carbocycles. The van der Waals surface area contributed by atoms with Crippen LogP contribution in [-0.4, -0.2) is 31.3 Å². The molecule has 102 valence electrons. The van der Waals surface area contributed by atoms with Gasteiger partial charge in [-0.1, -0.05) is 0 Å². The van der Waals surface area contributed by atoms with Gasteiger partial charge in [-0.2, -0.15) is 0 Å². The van der Waals surface area contributed by atoms with Crippen LogP contribution in [-0.2, 0) is 14.3 Å². The van der Waals surface area contributed by atoms with E-state index in [1.165, 1.54) is 17.9 Å². The fourth-order valence-electron chi connectivity index (χ4n) is 1.75. The summed E-state index contributed by atoms with van der Waals surface area (Å²) in [5.41, 5.74) is 0.387. The smallest absolute Gasteiger partial charge is 0.414 e. The van der Waals surface area contributed by atoms with Gasteiger partial charge in [0, 0.05) is 10.5 Å². The third-order valence-electron chi connectivity index (χ3n) is 2.62. The van der Waals surface area contributed by atoms with E-state index in [4.69, 9.17) is 9.47 Å². The van der Waals surface area contributed by atoms with Crippen LogP contribution in [0.1, 0.15) is 6.92 Å². The third kappa shape index (κ3) is 3.14. The molecule has 0 radical (unpaired) electrons. The van der Waals surface area contributed by atoms with Gasteiger partial charge in [0.2, 0.25) is 0 Å². The van der Waals surface area contributed by atoms with Gasteiger partial charge in [0.25, 0.3) is 0 Å². The lowest BCUT2D eigenvalue weighted by Gasteiger charge is -2.21. The summed E-state index contributed by atoms with van der Waals surface area (Å²) >= 11 is 1.86. The Morgan fingerprint density at radius 2 is 2.37 bits per heavy atom. The van der Waals surface area contributed by atoms with Crippen LogP contribution in [0.15, 0.2) is 18.2 Å². The summed E-state index contributed by atoms with van der Waals surface area (Å²) in [4.78, 5) is 23.8. The maximum atomic E-state index is 13.5. The van der Waals surface area contributed by atoms with Crippen molar-refractivity contribution in [2.45, 2.75) is 13.0 Å². The first-order valence-corrected chi connectivity index (χ1v) is 6.61. The number of benzene rings is 1. The monoisotopic (exact) mass is 379 g/mol. The lowest BCUT2D eigenvalue weighted by atomic mass is 10.2. The van der Waals surface area contributed by atoms with Crippen molar-refractivity contribution in [2.24, 2.45) is 0 Å². The minimum Gasteiger partial charge on any atom is -0.464 e. The highest BCUT2D eigenvalue weighted by atomic mass is 127. The van der Waals surface area contributed by atoms with Crippen molar-refractivity contribution < 1.29 is 23.5 Å². The average molecular weight is 379 g/mol. The average Bonchev–Trinajstić information content (AvgIpc) is 2.71. The number of anilines is 1. The van der Waals surface area contributed by atoms with Crippen molar-refractivity contribution in [3.63, 3.8) is 0 Å². The van der Waals surface area contributed by atoms with E-state index in [1.807, 2.05) is 22.6 Å². The van der Waals surface area contributed by atoms with E-state index < -0.39 is 23.9 Å².